The smallest absolute Gasteiger partial charge is 0.364 e. The molecule has 1 aromatic heterocycles. The van der Waals surface area contributed by atoms with Crippen LogP contribution in [-0.4, -0.2) is 15.7 Å². The third kappa shape index (κ3) is 2.93. The van der Waals surface area contributed by atoms with Gasteiger partial charge >= 0.3 is 6.18 Å². The molecule has 1 rings (SSSR count). The van der Waals surface area contributed by atoms with Crippen LogP contribution in [0.15, 0.2) is 6.07 Å². The van der Waals surface area contributed by atoms with Gasteiger partial charge in [0.2, 0.25) is 0 Å². The molecule has 0 fully saturated rings. The fourth-order valence-electron chi connectivity index (χ4n) is 0.915. The largest absolute Gasteiger partial charge is 0.432 e. The topological polar surface area (TPSA) is 40.7 Å². The minimum atomic E-state index is -4.37. The van der Waals surface area contributed by atoms with Crippen molar-refractivity contribution < 1.29 is 13.2 Å². The van der Waals surface area contributed by atoms with E-state index in [-0.39, 0.29) is 11.4 Å². The Morgan fingerprint density at radius 3 is 2.21 bits per heavy atom. The summed E-state index contributed by atoms with van der Waals surface area (Å²) in [7, 11) is 0. The minimum absolute atomic E-state index is 0.199. The van der Waals surface area contributed by atoms with E-state index in [1.807, 2.05) is 25.9 Å². The van der Waals surface area contributed by atoms with Crippen molar-refractivity contribution in [2.24, 2.45) is 0 Å². The molecule has 6 heteroatoms. The number of rotatable bonds is 1. The predicted octanol–water partition coefficient (Wildman–Crippen LogP) is 2.64. The first-order valence-electron chi connectivity index (χ1n) is 4.09. The van der Waals surface area contributed by atoms with Crippen molar-refractivity contribution in [3.05, 3.63) is 11.8 Å². The zero-order chi connectivity index (χ0) is 11.0. The number of H-pyrrole nitrogens is 1. The summed E-state index contributed by atoms with van der Waals surface area (Å²) in [6.07, 6.45) is -4.37. The monoisotopic (exact) mass is 207 g/mol. The molecule has 0 unspecified atom stereocenters. The average molecular weight is 207 g/mol. The number of aromatic amines is 1. The van der Waals surface area contributed by atoms with Crippen molar-refractivity contribution in [2.45, 2.75) is 32.5 Å². The first kappa shape index (κ1) is 10.9. The maximum absolute atomic E-state index is 12.1. The number of nitrogens with one attached hydrogen (secondary N) is 2. The van der Waals surface area contributed by atoms with E-state index in [1.54, 1.807) is 0 Å². The van der Waals surface area contributed by atoms with Crippen LogP contribution in [0.3, 0.4) is 0 Å². The van der Waals surface area contributed by atoms with E-state index in [1.165, 1.54) is 0 Å². The fourth-order valence-corrected chi connectivity index (χ4v) is 0.915. The lowest BCUT2D eigenvalue weighted by Gasteiger charge is -2.19. The first-order valence-corrected chi connectivity index (χ1v) is 4.09. The van der Waals surface area contributed by atoms with Crippen molar-refractivity contribution in [1.29, 1.82) is 0 Å². The molecule has 0 radical (unpaired) electrons. The zero-order valence-electron chi connectivity index (χ0n) is 8.16. The van der Waals surface area contributed by atoms with Gasteiger partial charge in [-0.25, -0.2) is 0 Å². The number of anilines is 1. The number of alkyl halides is 3. The van der Waals surface area contributed by atoms with Gasteiger partial charge in [-0.05, 0) is 20.8 Å². The van der Waals surface area contributed by atoms with Crippen molar-refractivity contribution in [2.75, 3.05) is 5.32 Å². The molecule has 0 bridgehead atoms. The van der Waals surface area contributed by atoms with E-state index in [4.69, 9.17) is 0 Å². The SMILES string of the molecule is CC(C)(C)Nc1cc(C(F)(F)F)[nH]n1. The third-order valence-corrected chi connectivity index (χ3v) is 1.39. The van der Waals surface area contributed by atoms with E-state index >= 15 is 0 Å². The summed E-state index contributed by atoms with van der Waals surface area (Å²) in [5, 5.41) is 8.27. The van der Waals surface area contributed by atoms with Gasteiger partial charge in [0, 0.05) is 11.6 Å². The molecule has 0 spiro atoms. The van der Waals surface area contributed by atoms with Crippen LogP contribution in [0.2, 0.25) is 0 Å². The van der Waals surface area contributed by atoms with Crippen LogP contribution in [-0.2, 0) is 6.18 Å². The Balaban J connectivity index is 2.79. The quantitative estimate of drug-likeness (QED) is 0.743. The van der Waals surface area contributed by atoms with Crippen LogP contribution in [0.5, 0.6) is 0 Å². The second kappa shape index (κ2) is 3.18. The Morgan fingerprint density at radius 1 is 1.29 bits per heavy atom. The highest BCUT2D eigenvalue weighted by molar-refractivity contribution is 5.38. The normalized spacial score (nSPS) is 13.0. The number of hydrogen-bond acceptors (Lipinski definition) is 2. The average Bonchev–Trinajstić information content (AvgIpc) is 2.29. The Hall–Kier alpha value is -1.20. The molecule has 1 aromatic rings. The highest BCUT2D eigenvalue weighted by Crippen LogP contribution is 2.29. The molecular weight excluding hydrogens is 195 g/mol. The predicted molar refractivity (Wildman–Crippen MR) is 47.0 cm³/mol. The molecule has 0 aliphatic carbocycles. The van der Waals surface area contributed by atoms with Gasteiger partial charge in [0.1, 0.15) is 11.5 Å². The Labute approximate surface area is 79.7 Å². The van der Waals surface area contributed by atoms with Gasteiger partial charge in [0.15, 0.2) is 0 Å². The molecule has 14 heavy (non-hydrogen) atoms. The van der Waals surface area contributed by atoms with Crippen molar-refractivity contribution >= 4 is 5.82 Å². The van der Waals surface area contributed by atoms with Gasteiger partial charge in [0.25, 0.3) is 0 Å². The van der Waals surface area contributed by atoms with Crippen LogP contribution in [0.4, 0.5) is 19.0 Å². The summed E-state index contributed by atoms with van der Waals surface area (Å²) in [4.78, 5) is 0. The van der Waals surface area contributed by atoms with Crippen molar-refractivity contribution in [3.8, 4) is 0 Å². The van der Waals surface area contributed by atoms with Gasteiger partial charge in [-0.15, -0.1) is 0 Å². The van der Waals surface area contributed by atoms with Crippen LogP contribution in [0, 0.1) is 0 Å². The van der Waals surface area contributed by atoms with Gasteiger partial charge in [-0.1, -0.05) is 0 Å². The lowest BCUT2D eigenvalue weighted by atomic mass is 10.1. The van der Waals surface area contributed by atoms with Gasteiger partial charge in [-0.2, -0.15) is 18.3 Å². The molecule has 3 nitrogen and oxygen atoms in total. The van der Waals surface area contributed by atoms with E-state index in [9.17, 15) is 13.2 Å². The third-order valence-electron chi connectivity index (χ3n) is 1.39. The molecule has 0 amide bonds. The summed E-state index contributed by atoms with van der Waals surface area (Å²) in [6, 6.07) is 0.950. The molecule has 0 atom stereocenters. The molecule has 1 heterocycles. The lowest BCUT2D eigenvalue weighted by Crippen LogP contribution is -2.26. The maximum atomic E-state index is 12.1. The molecular formula is C8H12F3N3. The number of halogens is 3. The van der Waals surface area contributed by atoms with Crippen LogP contribution >= 0.6 is 0 Å². The molecule has 0 aromatic carbocycles. The van der Waals surface area contributed by atoms with E-state index in [0.29, 0.717) is 0 Å². The van der Waals surface area contributed by atoms with Crippen LogP contribution in [0.25, 0.3) is 0 Å². The molecule has 0 saturated carbocycles. The van der Waals surface area contributed by atoms with Crippen LogP contribution in [0.1, 0.15) is 26.5 Å². The summed E-state index contributed by atoms with van der Waals surface area (Å²) >= 11 is 0. The van der Waals surface area contributed by atoms with E-state index < -0.39 is 11.9 Å². The maximum Gasteiger partial charge on any atom is 0.432 e. The highest BCUT2D eigenvalue weighted by atomic mass is 19.4. The van der Waals surface area contributed by atoms with Gasteiger partial charge in [0.05, 0.1) is 0 Å². The molecule has 0 saturated heterocycles. The summed E-state index contributed by atoms with van der Waals surface area (Å²) in [5.41, 5.74) is -1.15. The minimum Gasteiger partial charge on any atom is -0.364 e. The molecule has 80 valence electrons. The Bertz CT molecular complexity index is 308. The molecule has 2 N–H and O–H groups in total. The van der Waals surface area contributed by atoms with Crippen LogP contribution < -0.4 is 5.32 Å². The standard InChI is InChI=1S/C8H12F3N3/c1-7(2,3)12-6-4-5(13-14-6)8(9,10)11/h4H,1-3H3,(H2,12,13,14). The van der Waals surface area contributed by atoms with E-state index in [2.05, 4.69) is 10.4 Å². The van der Waals surface area contributed by atoms with E-state index in [0.717, 1.165) is 6.07 Å². The fraction of sp³-hybridized carbons (Fsp3) is 0.625. The Kier molecular flexibility index (Phi) is 2.47. The second-order valence-corrected chi connectivity index (χ2v) is 4.04. The van der Waals surface area contributed by atoms with Crippen molar-refractivity contribution in [3.63, 3.8) is 0 Å². The lowest BCUT2D eigenvalue weighted by molar-refractivity contribution is -0.141. The highest BCUT2D eigenvalue weighted by Gasteiger charge is 2.33. The van der Waals surface area contributed by atoms with Crippen molar-refractivity contribution in [1.82, 2.24) is 10.2 Å². The summed E-state index contributed by atoms with van der Waals surface area (Å²) in [5.74, 6) is 0.199. The summed E-state index contributed by atoms with van der Waals surface area (Å²) < 4.78 is 36.4. The zero-order valence-corrected chi connectivity index (χ0v) is 8.16. The number of aromatic nitrogens is 2. The second-order valence-electron chi connectivity index (χ2n) is 4.04. The Morgan fingerprint density at radius 2 is 1.86 bits per heavy atom. The van der Waals surface area contributed by atoms with Gasteiger partial charge < -0.3 is 5.32 Å². The first-order chi connectivity index (χ1) is 6.18. The summed E-state index contributed by atoms with van der Waals surface area (Å²) in [6.45, 7) is 5.53. The molecule has 0 aliphatic heterocycles. The number of hydrogen-bond donors (Lipinski definition) is 2. The molecule has 0 aliphatic rings. The van der Waals surface area contributed by atoms with Gasteiger partial charge in [-0.3, -0.25) is 5.10 Å². The number of nitrogens with zero attached hydrogens (tertiary/aromatic N) is 1.